The molecule has 27 nitrogen and oxygen atoms in total. The number of hydrogen-bond donors (Lipinski definition) is 10. The molecule has 0 saturated heterocycles. The number of methoxy groups -OCH3 is 5. The molecule has 0 fully saturated rings. The van der Waals surface area contributed by atoms with Gasteiger partial charge in [-0.15, -0.1) is 0 Å². The number of aromatic hydroxyl groups is 2. The number of phenolic OH excluding ortho intramolecular Hbond substituents is 2. The fraction of sp³-hybridized carbons (Fsp3) is 0.467. The van der Waals surface area contributed by atoms with Crippen LogP contribution in [-0.2, 0) is 68.8 Å². The second-order valence-electron chi connectivity index (χ2n) is 38.3. The normalized spacial score (nSPS) is 16.0. The monoisotopic (exact) mass is 2020 g/mol. The fourth-order valence-electron chi connectivity index (χ4n) is 18.3. The van der Waals surface area contributed by atoms with Gasteiger partial charge in [-0.2, -0.15) is 5.26 Å². The second kappa shape index (κ2) is 72.0. The van der Waals surface area contributed by atoms with Gasteiger partial charge in [0.05, 0.1) is 41.6 Å². The van der Waals surface area contributed by atoms with E-state index in [1.807, 2.05) is 159 Å². The van der Waals surface area contributed by atoms with Gasteiger partial charge in [0.2, 0.25) is 17.7 Å². The Labute approximate surface area is 876 Å². The largest absolute Gasteiger partial charge is 0.508 e. The molecule has 6 unspecified atom stereocenters. The van der Waals surface area contributed by atoms with Gasteiger partial charge in [-0.1, -0.05) is 68.4 Å². The van der Waals surface area contributed by atoms with E-state index in [-0.39, 0.29) is 35.7 Å². The molecule has 3 aromatic heterocycles. The molecule has 5 amide bonds. The smallest absolute Gasteiger partial charge is 0.407 e. The van der Waals surface area contributed by atoms with E-state index in [1.165, 1.54) is 158 Å². The fourth-order valence-corrected chi connectivity index (χ4v) is 18.3. The number of rotatable bonds is 18. The number of carbonyl (C=O) groups is 6. The molecule has 0 radical (unpaired) electrons. The van der Waals surface area contributed by atoms with Crippen molar-refractivity contribution in [2.75, 3.05) is 68.3 Å². The first kappa shape index (κ1) is 126. The molecule has 0 saturated carbocycles. The van der Waals surface area contributed by atoms with Crippen molar-refractivity contribution in [1.29, 1.82) is 5.26 Å². The van der Waals surface area contributed by atoms with Gasteiger partial charge in [-0.05, 0) is 457 Å². The van der Waals surface area contributed by atoms with Crippen LogP contribution in [0, 0.1) is 11.3 Å². The van der Waals surface area contributed by atoms with Gasteiger partial charge in [-0.3, -0.25) is 34.1 Å². The van der Waals surface area contributed by atoms with E-state index in [4.69, 9.17) is 55.6 Å². The third-order valence-electron chi connectivity index (χ3n) is 24.7. The van der Waals surface area contributed by atoms with Gasteiger partial charge < -0.3 is 88.4 Å². The number of fused-ring (bicyclic) bond motifs is 7. The molecular weight excluding hydrogens is 1850 g/mol. The van der Waals surface area contributed by atoms with Gasteiger partial charge in [0.15, 0.2) is 5.78 Å². The number of Topliss-reactive ketones (excluding diaryl/α,β-unsaturated/α-hetero) is 1. The summed E-state index contributed by atoms with van der Waals surface area (Å²) in [5.74, 6) is 7.97. The lowest BCUT2D eigenvalue weighted by Gasteiger charge is -2.26. The maximum Gasteiger partial charge on any atom is 0.407 e. The number of nitrogens with one attached hydrogen (secondary N) is 2. The van der Waals surface area contributed by atoms with Gasteiger partial charge >= 0.3 is 12.2 Å². The van der Waals surface area contributed by atoms with Crippen LogP contribution in [0.1, 0.15) is 323 Å². The number of ketones is 1. The van der Waals surface area contributed by atoms with E-state index >= 15 is 0 Å². The Hall–Kier alpha value is -13.4. The lowest BCUT2D eigenvalue weighted by molar-refractivity contribution is -0.116. The molecule has 16 N–H and O–H groups in total. The van der Waals surface area contributed by atoms with E-state index in [1.54, 1.807) is 84.9 Å². The van der Waals surface area contributed by atoms with E-state index in [9.17, 15) is 39.0 Å². The summed E-state index contributed by atoms with van der Waals surface area (Å²) in [5, 5.41) is 33.4. The summed E-state index contributed by atoms with van der Waals surface area (Å²) in [6, 6.07) is 62.0. The number of phenols is 2. The van der Waals surface area contributed by atoms with E-state index < -0.39 is 11.2 Å². The molecule has 7 aliphatic carbocycles. The predicted molar refractivity (Wildman–Crippen MR) is 590 cm³/mol. The number of ether oxygens (including phenoxy) is 7. The average molecular weight is 2020 g/mol. The summed E-state index contributed by atoms with van der Waals surface area (Å²) in [6.45, 7) is 22.7. The van der Waals surface area contributed by atoms with Crippen LogP contribution >= 0.6 is 0 Å². The Bertz CT molecular complexity index is 5200. The first-order valence-corrected chi connectivity index (χ1v) is 51.9. The molecule has 7 aliphatic rings. The summed E-state index contributed by atoms with van der Waals surface area (Å²) in [7, 11) is 8.49. The molecule has 27 heteroatoms. The number of nitriles is 1. The lowest BCUT2D eigenvalue weighted by atomic mass is 9.81. The van der Waals surface area contributed by atoms with Crippen LogP contribution in [-0.4, -0.2) is 140 Å². The van der Waals surface area contributed by atoms with Crippen molar-refractivity contribution in [3.05, 3.63) is 297 Å². The highest BCUT2D eigenvalue weighted by Crippen LogP contribution is 2.42. The SMILES string of the molecule is CC.CC(C)(C)OC(=O)NCCC1CCCc2cc(O)ccc21.CC(N)=O.CC(N)=O.CC(N)=O.COc1ccc2c(c1)CCCC2=O.COc1ccc2c(c1)CCCC2CC#N.COc1ccc2c(c1)CCCC2CCN.COc1ccc2c(c1)CCCC2CCN.COc1ccc2c(c1)CCCC2CCNC(=O)OC(C)(C)C.NCCC1CCCc2cc(O)ccc21.c1ccncc1.c1ccncc1.c1ccncc1. The minimum absolute atomic E-state index is 0.268. The number of aryl methyl sites for hydroxylation is 7. The van der Waals surface area contributed by atoms with Crippen molar-refractivity contribution in [3.8, 4) is 46.3 Å². The van der Waals surface area contributed by atoms with Crippen molar-refractivity contribution in [3.63, 3.8) is 0 Å². The van der Waals surface area contributed by atoms with Crippen molar-refractivity contribution >= 4 is 35.7 Å². The Morgan fingerprint density at radius 3 is 0.837 bits per heavy atom. The number of amides is 5. The number of nitrogens with zero attached hydrogens (tertiary/aromatic N) is 4. The first-order valence-electron chi connectivity index (χ1n) is 51.9. The standard InChI is InChI=1S/C18H27NO3.C17H25NO3.2C13H19NO.C13H15NO.C12H17NO.C11H12O2.3C5H5N.3C2H5NO.C2H6/c1-18(2,3)22-17(20)19-11-10-13-6-5-7-14-12-15(21-4)8-9-16(13)14;1-17(2,3)21-16(20)18-10-9-12-5-4-6-13-11-14(19)7-8-15(12)13;3*1-15-12-5-6-13-10(7-8-14)3-2-4-11(13)9-12;13-7-6-9-2-1-3-10-8-11(14)4-5-12(9)10;1-13-9-5-6-10-8(7-9)3-2-4-11(10)12;3*1-2-4-6-5-3-1;3*1-2(3)4;1-2/h8-9,12-13H,5-7,10-11H2,1-4H3,(H,19,20);7-8,11-12,19H,4-6,9-10H2,1-3H3,(H,18,20);2*5-6,9-10H,2-4,7-8,14H2,1H3;5-6,9-10H,2-4,7H2,1H3;4-5,8-9,14H,1-3,6-7,13H2;5-7H,2-4H2,1H3;3*1-5H;3*1H3,(H2,3,4);1-2H3. The lowest BCUT2D eigenvalue weighted by Crippen LogP contribution is -2.33. The third kappa shape index (κ3) is 51.5. The quantitative estimate of drug-likeness (QED) is 0.0381. The van der Waals surface area contributed by atoms with Crippen molar-refractivity contribution in [2.45, 2.75) is 296 Å². The van der Waals surface area contributed by atoms with Crippen LogP contribution in [0.4, 0.5) is 9.59 Å². The van der Waals surface area contributed by atoms with Crippen molar-refractivity contribution < 1.29 is 72.1 Å². The summed E-state index contributed by atoms with van der Waals surface area (Å²) < 4.78 is 36.6. The number of benzene rings is 7. The molecule has 0 aliphatic heterocycles. The maximum absolute atomic E-state index is 11.7. The Morgan fingerprint density at radius 2 is 0.592 bits per heavy atom. The van der Waals surface area contributed by atoms with E-state index in [2.05, 4.69) is 116 Å². The minimum atomic E-state index is -0.459. The number of primary amides is 3. The second-order valence-corrected chi connectivity index (χ2v) is 38.3. The molecule has 0 bridgehead atoms. The topological polar surface area (TPSA) is 450 Å². The first-order chi connectivity index (χ1) is 70.6. The molecular formula is C120H170N12O15. The van der Waals surface area contributed by atoms with Gasteiger partial charge in [0.25, 0.3) is 0 Å². The Kier molecular flexibility index (Phi) is 61.6. The number of alkyl carbamates (subject to hydrolysis) is 2. The highest BCUT2D eigenvalue weighted by Gasteiger charge is 2.28. The van der Waals surface area contributed by atoms with Crippen molar-refractivity contribution in [2.24, 2.45) is 34.4 Å². The zero-order chi connectivity index (χ0) is 108. The molecule has 7 aromatic carbocycles. The zero-order valence-electron chi connectivity index (χ0n) is 90.3. The van der Waals surface area contributed by atoms with Crippen LogP contribution in [0.5, 0.6) is 40.2 Å². The van der Waals surface area contributed by atoms with Gasteiger partial charge in [0.1, 0.15) is 51.4 Å². The Balaban J connectivity index is 0.000000341. The number of carbonyl (C=O) groups excluding carboxylic acids is 6. The molecule has 0 spiro atoms. The van der Waals surface area contributed by atoms with Crippen molar-refractivity contribution in [1.82, 2.24) is 25.6 Å². The van der Waals surface area contributed by atoms with Crippen LogP contribution in [0.15, 0.2) is 219 Å². The number of hydrogen-bond acceptors (Lipinski definition) is 22. The van der Waals surface area contributed by atoms with Gasteiger partial charge in [0, 0.05) is 89.4 Å². The highest BCUT2D eigenvalue weighted by molar-refractivity contribution is 5.98. The number of pyridine rings is 3. The summed E-state index contributed by atoms with van der Waals surface area (Å²) >= 11 is 0. The number of aromatic nitrogens is 3. The van der Waals surface area contributed by atoms with Gasteiger partial charge in [-0.25, -0.2) is 9.59 Å². The molecule has 800 valence electrons. The highest BCUT2D eigenvalue weighted by atomic mass is 16.6. The molecule has 3 heterocycles. The molecule has 147 heavy (non-hydrogen) atoms. The van der Waals surface area contributed by atoms with E-state index in [0.717, 1.165) is 149 Å². The zero-order valence-corrected chi connectivity index (χ0v) is 90.3. The third-order valence-corrected chi connectivity index (χ3v) is 24.7. The van der Waals surface area contributed by atoms with Crippen LogP contribution in [0.3, 0.4) is 0 Å². The molecule has 10 aromatic rings. The van der Waals surface area contributed by atoms with Crippen LogP contribution in [0.2, 0.25) is 0 Å². The van der Waals surface area contributed by atoms with Crippen LogP contribution < -0.4 is 68.7 Å². The Morgan fingerprint density at radius 1 is 0.354 bits per heavy atom. The maximum atomic E-state index is 11.7. The summed E-state index contributed by atoms with van der Waals surface area (Å²) in [6.07, 6.45) is 39.6. The number of nitrogens with two attached hydrogens (primary N) is 6. The summed E-state index contributed by atoms with van der Waals surface area (Å²) in [5.41, 5.74) is 48.1. The summed E-state index contributed by atoms with van der Waals surface area (Å²) in [4.78, 5) is 73.8. The van der Waals surface area contributed by atoms with Crippen LogP contribution in [0.25, 0.3) is 0 Å². The van der Waals surface area contributed by atoms with E-state index in [0.29, 0.717) is 72.9 Å². The average Bonchev–Trinajstić information content (AvgIpc) is 0.849. The minimum Gasteiger partial charge on any atom is -0.508 e. The predicted octanol–water partition coefficient (Wildman–Crippen LogP) is 22.8. The molecule has 17 rings (SSSR count). The molecule has 6 atom stereocenters.